The highest BCUT2D eigenvalue weighted by Crippen LogP contribution is 2.42. The maximum atomic E-state index is 5.31. The van der Waals surface area contributed by atoms with Gasteiger partial charge in [-0.2, -0.15) is 0 Å². The number of hydrogen-bond donors (Lipinski definition) is 0. The van der Waals surface area contributed by atoms with E-state index >= 15 is 0 Å². The van der Waals surface area contributed by atoms with E-state index < -0.39 is 0 Å². The second kappa shape index (κ2) is 8.29. The summed E-state index contributed by atoms with van der Waals surface area (Å²) in [6.45, 7) is 3.32. The zero-order valence-electron chi connectivity index (χ0n) is 13.2. The van der Waals surface area contributed by atoms with Crippen molar-refractivity contribution in [2.24, 2.45) is 23.7 Å². The van der Waals surface area contributed by atoms with Crippen LogP contribution in [0.4, 0.5) is 0 Å². The first kappa shape index (κ1) is 15.4. The lowest BCUT2D eigenvalue weighted by atomic mass is 9.69. The highest BCUT2D eigenvalue weighted by molar-refractivity contribution is 4.82. The molecule has 0 spiro atoms. The van der Waals surface area contributed by atoms with E-state index in [9.17, 15) is 0 Å². The highest BCUT2D eigenvalue weighted by atomic mass is 16.5. The van der Waals surface area contributed by atoms with E-state index in [0.29, 0.717) is 0 Å². The summed E-state index contributed by atoms with van der Waals surface area (Å²) in [5.41, 5.74) is 0. The molecule has 2 fully saturated rings. The van der Waals surface area contributed by atoms with E-state index in [-0.39, 0.29) is 0 Å². The molecule has 2 rings (SSSR count). The first-order chi connectivity index (χ1) is 9.33. The number of hydrogen-bond acceptors (Lipinski definition) is 1. The number of methoxy groups -OCH3 is 1. The van der Waals surface area contributed by atoms with Crippen LogP contribution in [0.25, 0.3) is 0 Å². The first-order valence-corrected chi connectivity index (χ1v) is 8.82. The molecule has 0 aromatic carbocycles. The van der Waals surface area contributed by atoms with Crippen LogP contribution in [0.1, 0.15) is 77.6 Å². The summed E-state index contributed by atoms with van der Waals surface area (Å²) in [4.78, 5) is 0. The Morgan fingerprint density at radius 1 is 0.789 bits per heavy atom. The van der Waals surface area contributed by atoms with E-state index in [1.165, 1.54) is 70.6 Å². The van der Waals surface area contributed by atoms with Gasteiger partial charge in [-0.25, -0.2) is 0 Å². The largest absolute Gasteiger partial charge is 0.384 e. The molecule has 0 aromatic heterocycles. The quantitative estimate of drug-likeness (QED) is 0.622. The van der Waals surface area contributed by atoms with Crippen LogP contribution < -0.4 is 0 Å². The van der Waals surface area contributed by atoms with Gasteiger partial charge in [-0.15, -0.1) is 0 Å². The monoisotopic (exact) mass is 266 g/mol. The molecule has 2 aliphatic carbocycles. The van der Waals surface area contributed by atoms with E-state index in [0.717, 1.165) is 30.3 Å². The Morgan fingerprint density at radius 3 is 1.79 bits per heavy atom. The summed E-state index contributed by atoms with van der Waals surface area (Å²) in [6.07, 6.45) is 16.3. The predicted molar refractivity (Wildman–Crippen MR) is 82.3 cm³/mol. The molecule has 1 heteroatoms. The first-order valence-electron chi connectivity index (χ1n) is 8.82. The summed E-state index contributed by atoms with van der Waals surface area (Å²) in [7, 11) is 1.85. The molecule has 0 N–H and O–H groups in total. The number of rotatable bonds is 6. The van der Waals surface area contributed by atoms with Crippen LogP contribution >= 0.6 is 0 Å². The molecule has 2 saturated carbocycles. The molecule has 0 atom stereocenters. The van der Waals surface area contributed by atoms with Crippen molar-refractivity contribution in [3.63, 3.8) is 0 Å². The fourth-order valence-electron chi connectivity index (χ4n) is 4.50. The lowest BCUT2D eigenvalue weighted by Gasteiger charge is -2.37. The van der Waals surface area contributed by atoms with Crippen LogP contribution in [0, 0.1) is 23.7 Å². The smallest absolute Gasteiger partial charge is 0.0490 e. The van der Waals surface area contributed by atoms with Crippen molar-refractivity contribution in [3.8, 4) is 0 Å². The minimum Gasteiger partial charge on any atom is -0.384 e. The molecular formula is C18H34O. The Balaban J connectivity index is 1.65. The SMILES string of the molecule is CCCCC1CCC(C2CCC(COC)CC2)CC1. The second-order valence-corrected chi connectivity index (χ2v) is 7.16. The third-order valence-corrected chi connectivity index (χ3v) is 5.82. The van der Waals surface area contributed by atoms with E-state index in [2.05, 4.69) is 6.92 Å². The van der Waals surface area contributed by atoms with Crippen LogP contribution in [0.5, 0.6) is 0 Å². The van der Waals surface area contributed by atoms with Crippen molar-refractivity contribution in [2.45, 2.75) is 77.6 Å². The minimum absolute atomic E-state index is 0.863. The lowest BCUT2D eigenvalue weighted by molar-refractivity contribution is 0.0925. The fourth-order valence-corrected chi connectivity index (χ4v) is 4.50. The molecule has 0 radical (unpaired) electrons. The molecule has 0 aliphatic heterocycles. The zero-order chi connectivity index (χ0) is 13.5. The van der Waals surface area contributed by atoms with Crippen LogP contribution in [0.2, 0.25) is 0 Å². The van der Waals surface area contributed by atoms with Crippen LogP contribution in [0.3, 0.4) is 0 Å². The van der Waals surface area contributed by atoms with Crippen molar-refractivity contribution in [3.05, 3.63) is 0 Å². The Labute approximate surface area is 120 Å². The van der Waals surface area contributed by atoms with Gasteiger partial charge in [0.25, 0.3) is 0 Å². The van der Waals surface area contributed by atoms with Gasteiger partial charge in [0.15, 0.2) is 0 Å². The molecule has 2 aliphatic rings. The van der Waals surface area contributed by atoms with Crippen molar-refractivity contribution >= 4 is 0 Å². The van der Waals surface area contributed by atoms with Gasteiger partial charge in [0.1, 0.15) is 0 Å². The van der Waals surface area contributed by atoms with Gasteiger partial charge in [-0.05, 0) is 62.2 Å². The maximum absolute atomic E-state index is 5.31. The van der Waals surface area contributed by atoms with Crippen molar-refractivity contribution in [1.82, 2.24) is 0 Å². The summed E-state index contributed by atoms with van der Waals surface area (Å²) in [6, 6.07) is 0. The Bertz CT molecular complexity index is 222. The molecule has 0 bridgehead atoms. The van der Waals surface area contributed by atoms with E-state index in [1.54, 1.807) is 0 Å². The standard InChI is InChI=1S/C18H34O/c1-3-4-5-15-6-10-17(11-7-15)18-12-8-16(9-13-18)14-19-2/h15-18H,3-14H2,1-2H3. The van der Waals surface area contributed by atoms with Gasteiger partial charge >= 0.3 is 0 Å². The summed E-state index contributed by atoms with van der Waals surface area (Å²) < 4.78 is 5.31. The van der Waals surface area contributed by atoms with Crippen LogP contribution in [0.15, 0.2) is 0 Å². The normalized spacial score (nSPS) is 36.3. The van der Waals surface area contributed by atoms with Gasteiger partial charge in [0, 0.05) is 13.7 Å². The average Bonchev–Trinajstić information content (AvgIpc) is 2.47. The van der Waals surface area contributed by atoms with Gasteiger partial charge in [-0.3, -0.25) is 0 Å². The second-order valence-electron chi connectivity index (χ2n) is 7.16. The van der Waals surface area contributed by atoms with Crippen LogP contribution in [-0.4, -0.2) is 13.7 Å². The predicted octanol–water partition coefficient (Wildman–Crippen LogP) is 5.44. The van der Waals surface area contributed by atoms with E-state index in [1.807, 2.05) is 7.11 Å². The topological polar surface area (TPSA) is 9.23 Å². The average molecular weight is 266 g/mol. The number of unbranched alkanes of at least 4 members (excludes halogenated alkanes) is 1. The maximum Gasteiger partial charge on any atom is 0.0490 e. The Hall–Kier alpha value is -0.0400. The molecule has 0 heterocycles. The molecule has 0 amide bonds. The molecule has 0 unspecified atom stereocenters. The molecule has 19 heavy (non-hydrogen) atoms. The lowest BCUT2D eigenvalue weighted by Crippen LogP contribution is -2.27. The number of ether oxygens (including phenoxy) is 1. The third-order valence-electron chi connectivity index (χ3n) is 5.82. The van der Waals surface area contributed by atoms with Gasteiger partial charge in [0.2, 0.25) is 0 Å². The van der Waals surface area contributed by atoms with Crippen LogP contribution in [-0.2, 0) is 4.74 Å². The summed E-state index contributed by atoms with van der Waals surface area (Å²) >= 11 is 0. The molecule has 0 aromatic rings. The Morgan fingerprint density at radius 2 is 1.32 bits per heavy atom. The fraction of sp³-hybridized carbons (Fsp3) is 1.00. The van der Waals surface area contributed by atoms with E-state index in [4.69, 9.17) is 4.74 Å². The molecule has 1 nitrogen and oxygen atoms in total. The van der Waals surface area contributed by atoms with Crippen molar-refractivity contribution in [1.29, 1.82) is 0 Å². The molecule has 112 valence electrons. The van der Waals surface area contributed by atoms with Gasteiger partial charge in [0.05, 0.1) is 0 Å². The van der Waals surface area contributed by atoms with Crippen molar-refractivity contribution in [2.75, 3.05) is 13.7 Å². The zero-order valence-corrected chi connectivity index (χ0v) is 13.2. The van der Waals surface area contributed by atoms with Crippen molar-refractivity contribution < 1.29 is 4.74 Å². The third kappa shape index (κ3) is 4.77. The molecule has 0 saturated heterocycles. The minimum atomic E-state index is 0.863. The molecular weight excluding hydrogens is 232 g/mol. The Kier molecular flexibility index (Phi) is 6.70. The summed E-state index contributed by atoms with van der Waals surface area (Å²) in [5.74, 6) is 4.06. The summed E-state index contributed by atoms with van der Waals surface area (Å²) in [5, 5.41) is 0. The van der Waals surface area contributed by atoms with Gasteiger partial charge < -0.3 is 4.74 Å². The highest BCUT2D eigenvalue weighted by Gasteiger charge is 2.30. The van der Waals surface area contributed by atoms with Gasteiger partial charge in [-0.1, -0.05) is 39.0 Å².